The minimum absolute atomic E-state index is 0.0281. The quantitative estimate of drug-likeness (QED) is 0.283. The van der Waals surface area contributed by atoms with E-state index in [2.05, 4.69) is 5.32 Å². The number of hydrogen-bond acceptors (Lipinski definition) is 4. The van der Waals surface area contributed by atoms with Gasteiger partial charge >= 0.3 is 0 Å². The Labute approximate surface area is 203 Å². The first-order valence-electron chi connectivity index (χ1n) is 10.2. The van der Waals surface area contributed by atoms with Crippen molar-refractivity contribution in [3.63, 3.8) is 0 Å². The fourth-order valence-electron chi connectivity index (χ4n) is 2.95. The lowest BCUT2D eigenvalue weighted by Gasteiger charge is -2.13. The van der Waals surface area contributed by atoms with Gasteiger partial charge in [0.25, 0.3) is 5.91 Å². The van der Waals surface area contributed by atoms with Crippen LogP contribution in [0.4, 0.5) is 5.69 Å². The molecule has 0 radical (unpaired) electrons. The molecule has 0 spiro atoms. The third-order valence-electron chi connectivity index (χ3n) is 4.65. The zero-order valence-corrected chi connectivity index (χ0v) is 19.7. The number of aryl methyl sites for hydroxylation is 1. The molecule has 0 heterocycles. The summed E-state index contributed by atoms with van der Waals surface area (Å²) in [6.07, 6.45) is 1.51. The fraction of sp³-hybridized carbons (Fsp3) is 0.154. The molecule has 3 aromatic carbocycles. The molecule has 0 aliphatic carbocycles. The van der Waals surface area contributed by atoms with Crippen molar-refractivity contribution >= 4 is 40.9 Å². The average molecular weight is 481 g/mol. The van der Waals surface area contributed by atoms with Crippen LogP contribution in [0, 0.1) is 18.3 Å². The van der Waals surface area contributed by atoms with Gasteiger partial charge in [0.15, 0.2) is 11.5 Å². The lowest BCUT2D eigenvalue weighted by atomic mass is 10.1. The van der Waals surface area contributed by atoms with E-state index in [0.29, 0.717) is 39.4 Å². The van der Waals surface area contributed by atoms with Crippen LogP contribution < -0.4 is 14.8 Å². The Kier molecular flexibility index (Phi) is 8.37. The Morgan fingerprint density at radius 1 is 1.03 bits per heavy atom. The molecule has 0 saturated carbocycles. The summed E-state index contributed by atoms with van der Waals surface area (Å²) >= 11 is 12.2. The van der Waals surface area contributed by atoms with Crippen molar-refractivity contribution in [3.8, 4) is 17.6 Å². The van der Waals surface area contributed by atoms with E-state index in [1.807, 2.05) is 32.0 Å². The predicted octanol–water partition coefficient (Wildman–Crippen LogP) is 6.83. The van der Waals surface area contributed by atoms with Gasteiger partial charge in [0.05, 0.1) is 6.61 Å². The van der Waals surface area contributed by atoms with Gasteiger partial charge in [-0.3, -0.25) is 4.79 Å². The van der Waals surface area contributed by atoms with E-state index >= 15 is 0 Å². The molecular weight excluding hydrogens is 459 g/mol. The summed E-state index contributed by atoms with van der Waals surface area (Å²) in [6, 6.07) is 19.7. The van der Waals surface area contributed by atoms with E-state index in [9.17, 15) is 10.1 Å². The second kappa shape index (κ2) is 11.4. The van der Waals surface area contributed by atoms with Gasteiger partial charge in [0.1, 0.15) is 18.2 Å². The number of anilines is 1. The molecule has 33 heavy (non-hydrogen) atoms. The van der Waals surface area contributed by atoms with Gasteiger partial charge < -0.3 is 14.8 Å². The number of nitrogens with one attached hydrogen (secondary N) is 1. The highest BCUT2D eigenvalue weighted by atomic mass is 35.5. The molecule has 0 atom stereocenters. The van der Waals surface area contributed by atoms with Gasteiger partial charge in [-0.05, 0) is 61.9 Å². The van der Waals surface area contributed by atoms with Crippen LogP contribution in [-0.4, -0.2) is 12.5 Å². The Hall–Kier alpha value is -3.46. The normalized spacial score (nSPS) is 10.9. The van der Waals surface area contributed by atoms with Crippen molar-refractivity contribution in [3.05, 3.63) is 93.0 Å². The van der Waals surface area contributed by atoms with Gasteiger partial charge in [-0.15, -0.1) is 0 Å². The summed E-state index contributed by atoms with van der Waals surface area (Å²) in [4.78, 5) is 12.5. The molecule has 5 nitrogen and oxygen atoms in total. The van der Waals surface area contributed by atoms with Gasteiger partial charge in [-0.2, -0.15) is 5.26 Å². The van der Waals surface area contributed by atoms with Crippen LogP contribution in [0.15, 0.2) is 66.2 Å². The number of halogens is 2. The minimum Gasteiger partial charge on any atom is -0.490 e. The fourth-order valence-corrected chi connectivity index (χ4v) is 3.41. The van der Waals surface area contributed by atoms with Crippen LogP contribution in [0.25, 0.3) is 6.08 Å². The smallest absolute Gasteiger partial charge is 0.266 e. The molecule has 0 aliphatic heterocycles. The summed E-state index contributed by atoms with van der Waals surface area (Å²) in [6.45, 7) is 4.47. The second-order valence-corrected chi connectivity index (χ2v) is 8.00. The molecule has 0 unspecified atom stereocenters. The first-order valence-corrected chi connectivity index (χ1v) is 11.0. The van der Waals surface area contributed by atoms with E-state index in [0.717, 1.165) is 11.1 Å². The Morgan fingerprint density at radius 3 is 2.45 bits per heavy atom. The summed E-state index contributed by atoms with van der Waals surface area (Å²) in [5.74, 6) is 0.521. The third kappa shape index (κ3) is 6.76. The highest BCUT2D eigenvalue weighted by Gasteiger charge is 2.12. The standard InChI is InChI=1S/C26H22Cl2N2O3/c1-3-32-25-13-18(6-11-24(25)33-16-19-7-8-21(27)14-23(19)28)12-20(15-29)26(31)30-22-9-4-17(2)5-10-22/h4-14H,3,16H2,1-2H3,(H,30,31)/b20-12-. The lowest BCUT2D eigenvalue weighted by molar-refractivity contribution is -0.112. The second-order valence-electron chi connectivity index (χ2n) is 7.15. The van der Waals surface area contributed by atoms with E-state index in [-0.39, 0.29) is 12.2 Å². The summed E-state index contributed by atoms with van der Waals surface area (Å²) in [5, 5.41) is 13.3. The SMILES string of the molecule is CCOc1cc(/C=C(/C#N)C(=O)Nc2ccc(C)cc2)ccc1OCc1ccc(Cl)cc1Cl. The minimum atomic E-state index is -0.489. The molecule has 1 N–H and O–H groups in total. The van der Waals surface area contributed by atoms with Crippen LogP contribution in [0.2, 0.25) is 10.0 Å². The zero-order valence-electron chi connectivity index (χ0n) is 18.2. The van der Waals surface area contributed by atoms with Crippen molar-refractivity contribution in [2.24, 2.45) is 0 Å². The van der Waals surface area contributed by atoms with E-state index in [1.54, 1.807) is 48.5 Å². The van der Waals surface area contributed by atoms with Gasteiger partial charge in [-0.25, -0.2) is 0 Å². The van der Waals surface area contributed by atoms with Crippen LogP contribution >= 0.6 is 23.2 Å². The van der Waals surface area contributed by atoms with E-state index in [4.69, 9.17) is 32.7 Å². The van der Waals surface area contributed by atoms with Gasteiger partial charge in [-0.1, -0.05) is 53.0 Å². The molecule has 168 valence electrons. The Morgan fingerprint density at radius 2 is 1.79 bits per heavy atom. The monoisotopic (exact) mass is 480 g/mol. The molecule has 0 bridgehead atoms. The summed E-state index contributed by atoms with van der Waals surface area (Å²) in [7, 11) is 0. The van der Waals surface area contributed by atoms with Crippen molar-refractivity contribution in [1.29, 1.82) is 5.26 Å². The molecule has 0 fully saturated rings. The van der Waals surface area contributed by atoms with Crippen LogP contribution in [0.5, 0.6) is 11.5 Å². The topological polar surface area (TPSA) is 71.3 Å². The largest absolute Gasteiger partial charge is 0.490 e. The number of amides is 1. The van der Waals surface area contributed by atoms with Crippen molar-refractivity contribution < 1.29 is 14.3 Å². The zero-order chi connectivity index (χ0) is 23.8. The van der Waals surface area contributed by atoms with Crippen LogP contribution in [-0.2, 0) is 11.4 Å². The van der Waals surface area contributed by atoms with E-state index in [1.165, 1.54) is 6.08 Å². The number of hydrogen-bond donors (Lipinski definition) is 1. The Bertz CT molecular complexity index is 1220. The first-order chi connectivity index (χ1) is 15.9. The molecular formula is C26H22Cl2N2O3. The maximum atomic E-state index is 12.5. The van der Waals surface area contributed by atoms with Gasteiger partial charge in [0, 0.05) is 21.3 Å². The molecule has 3 aromatic rings. The lowest BCUT2D eigenvalue weighted by Crippen LogP contribution is -2.13. The number of nitrogens with zero attached hydrogens (tertiary/aromatic N) is 1. The van der Waals surface area contributed by atoms with E-state index < -0.39 is 5.91 Å². The van der Waals surface area contributed by atoms with Gasteiger partial charge in [0.2, 0.25) is 0 Å². The number of nitriles is 1. The molecule has 0 aliphatic rings. The summed E-state index contributed by atoms with van der Waals surface area (Å²) in [5.41, 5.74) is 3.08. The van der Waals surface area contributed by atoms with Crippen LogP contribution in [0.3, 0.4) is 0 Å². The van der Waals surface area contributed by atoms with Crippen molar-refractivity contribution in [2.75, 3.05) is 11.9 Å². The molecule has 3 rings (SSSR count). The highest BCUT2D eigenvalue weighted by molar-refractivity contribution is 6.35. The van der Waals surface area contributed by atoms with Crippen molar-refractivity contribution in [1.82, 2.24) is 0 Å². The highest BCUT2D eigenvalue weighted by Crippen LogP contribution is 2.31. The number of carbonyl (C=O) groups is 1. The molecule has 0 aromatic heterocycles. The van der Waals surface area contributed by atoms with Crippen LogP contribution in [0.1, 0.15) is 23.6 Å². The number of ether oxygens (including phenoxy) is 2. The predicted molar refractivity (Wildman–Crippen MR) is 132 cm³/mol. The molecule has 1 amide bonds. The molecule has 0 saturated heterocycles. The first kappa shape index (κ1) is 24.2. The Balaban J connectivity index is 1.78. The van der Waals surface area contributed by atoms with Crippen molar-refractivity contribution in [2.45, 2.75) is 20.5 Å². The number of rotatable bonds is 8. The average Bonchev–Trinajstić information content (AvgIpc) is 2.79. The maximum Gasteiger partial charge on any atom is 0.266 e. The number of carbonyl (C=O) groups excluding carboxylic acids is 1. The number of benzene rings is 3. The maximum absolute atomic E-state index is 12.5. The summed E-state index contributed by atoms with van der Waals surface area (Å²) < 4.78 is 11.6. The molecule has 7 heteroatoms. The third-order valence-corrected chi connectivity index (χ3v) is 5.24.